The van der Waals surface area contributed by atoms with Crippen LogP contribution < -0.4 is 16.4 Å². The van der Waals surface area contributed by atoms with Crippen LogP contribution >= 0.6 is 0 Å². The molecule has 0 bridgehead atoms. The first-order valence-corrected chi connectivity index (χ1v) is 5.22. The molecule has 7 nitrogen and oxygen atoms in total. The molecule has 0 radical (unpaired) electrons. The van der Waals surface area contributed by atoms with Crippen molar-refractivity contribution in [3.63, 3.8) is 0 Å². The second kappa shape index (κ2) is 6.07. The van der Waals surface area contributed by atoms with Crippen molar-refractivity contribution in [1.29, 1.82) is 5.41 Å². The van der Waals surface area contributed by atoms with Gasteiger partial charge in [0.05, 0.1) is 6.54 Å². The highest BCUT2D eigenvalue weighted by Crippen LogP contribution is 2.06. The summed E-state index contributed by atoms with van der Waals surface area (Å²) in [6, 6.07) is -0.872. The number of amides is 2. The number of rotatable bonds is 4. The molecule has 7 heteroatoms. The zero-order valence-electron chi connectivity index (χ0n) is 10.6. The van der Waals surface area contributed by atoms with Gasteiger partial charge in [-0.15, -0.1) is 0 Å². The molecule has 1 atom stereocenters. The molecule has 5 N–H and O–H groups in total. The molecule has 0 rings (SSSR count). The van der Waals surface area contributed by atoms with Crippen LogP contribution in [0.2, 0.25) is 0 Å². The first-order valence-electron chi connectivity index (χ1n) is 5.22. The quantitative estimate of drug-likeness (QED) is 0.387. The van der Waals surface area contributed by atoms with Crippen molar-refractivity contribution in [2.75, 3.05) is 6.54 Å². The van der Waals surface area contributed by atoms with Gasteiger partial charge in [-0.2, -0.15) is 0 Å². The lowest BCUT2D eigenvalue weighted by atomic mass is 10.2. The molecule has 0 spiro atoms. The number of nitrogens with two attached hydrogens (primary N) is 1. The number of hydrogen-bond acceptors (Lipinski definition) is 4. The van der Waals surface area contributed by atoms with Crippen molar-refractivity contribution in [3.8, 4) is 0 Å². The first kappa shape index (κ1) is 15.2. The molecule has 0 aliphatic heterocycles. The van der Waals surface area contributed by atoms with E-state index in [1.807, 2.05) is 0 Å². The lowest BCUT2D eigenvalue weighted by Gasteiger charge is -2.23. The Labute approximate surface area is 101 Å². The van der Waals surface area contributed by atoms with Gasteiger partial charge >= 0.3 is 0 Å². The molecule has 0 saturated heterocycles. The van der Waals surface area contributed by atoms with E-state index in [-0.39, 0.29) is 12.6 Å². The highest BCUT2D eigenvalue weighted by molar-refractivity contribution is 5.88. The molecule has 2 amide bonds. The number of carbonyl (C=O) groups excluding carboxylic acids is 2. The van der Waals surface area contributed by atoms with Gasteiger partial charge in [0, 0.05) is 0 Å². The van der Waals surface area contributed by atoms with Gasteiger partial charge in [-0.1, -0.05) is 0 Å². The van der Waals surface area contributed by atoms with Crippen molar-refractivity contribution < 1.29 is 14.3 Å². The molecule has 0 heterocycles. The monoisotopic (exact) mass is 244 g/mol. The molecule has 98 valence electrons. The van der Waals surface area contributed by atoms with Crippen LogP contribution in [0.25, 0.3) is 0 Å². The Morgan fingerprint density at radius 2 is 1.94 bits per heavy atom. The fourth-order valence-electron chi connectivity index (χ4n) is 0.925. The average molecular weight is 244 g/mol. The Morgan fingerprint density at radius 3 is 2.35 bits per heavy atom. The van der Waals surface area contributed by atoms with E-state index < -0.39 is 23.5 Å². The first-order chi connectivity index (χ1) is 7.61. The standard InChI is InChI=1S/C10H20N4O3/c1-6(8(16)13-5-7(11)15)14-9(12)17-10(2,3)4/h6H,5H2,1-4H3,(H2,11,15)(H2,12,14)(H,13,16). The number of hydrogen-bond donors (Lipinski definition) is 4. The predicted molar refractivity (Wildman–Crippen MR) is 63.4 cm³/mol. The maximum Gasteiger partial charge on any atom is 0.282 e. The van der Waals surface area contributed by atoms with Gasteiger partial charge in [0.2, 0.25) is 11.8 Å². The highest BCUT2D eigenvalue weighted by Gasteiger charge is 2.18. The van der Waals surface area contributed by atoms with Crippen molar-refractivity contribution in [3.05, 3.63) is 0 Å². The molecule has 0 aliphatic carbocycles. The molecule has 0 aromatic heterocycles. The third-order valence-electron chi connectivity index (χ3n) is 1.59. The van der Waals surface area contributed by atoms with E-state index in [0.29, 0.717) is 0 Å². The second-order valence-corrected chi connectivity index (χ2v) is 4.59. The Bertz CT molecular complexity index is 309. The van der Waals surface area contributed by atoms with Crippen LogP contribution in [-0.2, 0) is 14.3 Å². The van der Waals surface area contributed by atoms with E-state index in [2.05, 4.69) is 10.6 Å². The number of carbonyl (C=O) groups is 2. The second-order valence-electron chi connectivity index (χ2n) is 4.59. The van der Waals surface area contributed by atoms with Crippen LogP contribution in [0, 0.1) is 5.41 Å². The largest absolute Gasteiger partial charge is 0.460 e. The summed E-state index contributed by atoms with van der Waals surface area (Å²) in [6.45, 7) is 6.71. The van der Waals surface area contributed by atoms with Crippen molar-refractivity contribution >= 4 is 17.8 Å². The van der Waals surface area contributed by atoms with E-state index >= 15 is 0 Å². The minimum absolute atomic E-state index is 0.195. The summed E-state index contributed by atoms with van der Waals surface area (Å²) in [7, 11) is 0. The van der Waals surface area contributed by atoms with E-state index in [1.54, 1.807) is 27.7 Å². The Kier molecular flexibility index (Phi) is 5.43. The summed E-state index contributed by atoms with van der Waals surface area (Å²) < 4.78 is 5.18. The smallest absolute Gasteiger partial charge is 0.282 e. The maximum atomic E-state index is 11.4. The van der Waals surface area contributed by atoms with Gasteiger partial charge in [-0.25, -0.2) is 0 Å². The van der Waals surface area contributed by atoms with Gasteiger partial charge in [0.15, 0.2) is 0 Å². The zero-order valence-corrected chi connectivity index (χ0v) is 10.6. The van der Waals surface area contributed by atoms with Crippen molar-refractivity contribution in [2.24, 2.45) is 5.73 Å². The molecular weight excluding hydrogens is 224 g/mol. The molecule has 17 heavy (non-hydrogen) atoms. The van der Waals surface area contributed by atoms with Gasteiger partial charge < -0.3 is 21.1 Å². The highest BCUT2D eigenvalue weighted by atomic mass is 16.5. The number of ether oxygens (including phenoxy) is 1. The van der Waals surface area contributed by atoms with Crippen LogP contribution in [0.5, 0.6) is 0 Å². The van der Waals surface area contributed by atoms with Crippen LogP contribution in [-0.4, -0.2) is 36.0 Å². The maximum absolute atomic E-state index is 11.4. The summed E-state index contributed by atoms with van der Waals surface area (Å²) in [5, 5.41) is 12.4. The molecule has 0 aromatic rings. The van der Waals surface area contributed by atoms with Gasteiger partial charge in [-0.3, -0.25) is 15.0 Å². The van der Waals surface area contributed by atoms with Gasteiger partial charge in [0.1, 0.15) is 11.6 Å². The van der Waals surface area contributed by atoms with Crippen molar-refractivity contribution in [1.82, 2.24) is 10.6 Å². The summed E-state index contributed by atoms with van der Waals surface area (Å²) >= 11 is 0. The topological polar surface area (TPSA) is 117 Å². The van der Waals surface area contributed by atoms with Crippen LogP contribution in [0.1, 0.15) is 27.7 Å². The predicted octanol–water partition coefficient (Wildman–Crippen LogP) is -0.684. The van der Waals surface area contributed by atoms with E-state index in [9.17, 15) is 9.59 Å². The van der Waals surface area contributed by atoms with Gasteiger partial charge in [0.25, 0.3) is 6.02 Å². The average Bonchev–Trinajstić information content (AvgIpc) is 2.10. The normalized spacial score (nSPS) is 12.5. The lowest BCUT2D eigenvalue weighted by molar-refractivity contribution is -0.125. The zero-order chi connectivity index (χ0) is 13.6. The van der Waals surface area contributed by atoms with Crippen LogP contribution in [0.4, 0.5) is 0 Å². The minimum Gasteiger partial charge on any atom is -0.460 e. The van der Waals surface area contributed by atoms with E-state index in [0.717, 1.165) is 0 Å². The molecule has 0 aliphatic rings. The summed E-state index contributed by atoms with van der Waals surface area (Å²) in [5.74, 6) is -1.04. The molecule has 0 fully saturated rings. The molecule has 0 aromatic carbocycles. The fourth-order valence-corrected chi connectivity index (χ4v) is 0.925. The molecule has 1 unspecified atom stereocenters. The summed E-state index contributed by atoms with van der Waals surface area (Å²) in [4.78, 5) is 21.9. The summed E-state index contributed by atoms with van der Waals surface area (Å²) in [6.07, 6.45) is 0. The number of primary amides is 1. The van der Waals surface area contributed by atoms with E-state index in [4.69, 9.17) is 15.9 Å². The van der Waals surface area contributed by atoms with Crippen LogP contribution in [0.3, 0.4) is 0 Å². The third kappa shape index (κ3) is 8.06. The molecule has 0 saturated carbocycles. The Hall–Kier alpha value is -1.79. The van der Waals surface area contributed by atoms with Crippen molar-refractivity contribution in [2.45, 2.75) is 39.3 Å². The van der Waals surface area contributed by atoms with Gasteiger partial charge in [-0.05, 0) is 27.7 Å². The number of nitrogens with one attached hydrogen (secondary N) is 3. The van der Waals surface area contributed by atoms with Crippen LogP contribution in [0.15, 0.2) is 0 Å². The lowest BCUT2D eigenvalue weighted by Crippen LogP contribution is -2.48. The Balaban J connectivity index is 4.08. The third-order valence-corrected chi connectivity index (χ3v) is 1.59. The SMILES string of the molecule is CC(NC(=N)OC(C)(C)C)C(=O)NCC(N)=O. The Morgan fingerprint density at radius 1 is 1.41 bits per heavy atom. The van der Waals surface area contributed by atoms with E-state index in [1.165, 1.54) is 0 Å². The number of amidine groups is 1. The summed E-state index contributed by atoms with van der Waals surface area (Å²) in [5.41, 5.74) is 4.38. The fraction of sp³-hybridized carbons (Fsp3) is 0.700. The minimum atomic E-state index is -0.677. The molecular formula is C10H20N4O3.